The standard InChI is InChI=1S/C25H23F4NO4S/c1-17(2)15-30(24(31)18-8-5-10-21(26)13-18)16-19-7-3-4-12-23(19)34-35(32,33)22-11-6-9-20(14-22)25(27,28)29/h3-14,17H,15-16H2,1-2H3. The largest absolute Gasteiger partial charge is 0.416 e. The van der Waals surface area contributed by atoms with Crippen molar-refractivity contribution in [1.82, 2.24) is 4.90 Å². The van der Waals surface area contributed by atoms with Gasteiger partial charge in [0.25, 0.3) is 5.91 Å². The summed E-state index contributed by atoms with van der Waals surface area (Å²) in [6.07, 6.45) is -4.72. The Kier molecular flexibility index (Phi) is 7.84. The second kappa shape index (κ2) is 10.5. The minimum Gasteiger partial charge on any atom is -0.379 e. The number of hydrogen-bond acceptors (Lipinski definition) is 4. The molecule has 0 aromatic heterocycles. The van der Waals surface area contributed by atoms with E-state index in [1.54, 1.807) is 12.1 Å². The molecule has 3 aromatic rings. The molecule has 0 radical (unpaired) electrons. The van der Waals surface area contributed by atoms with E-state index in [1.165, 1.54) is 35.2 Å². The van der Waals surface area contributed by atoms with Gasteiger partial charge in [-0.3, -0.25) is 4.79 Å². The van der Waals surface area contributed by atoms with Crippen molar-refractivity contribution in [1.29, 1.82) is 0 Å². The first-order valence-corrected chi connectivity index (χ1v) is 12.0. The number of carbonyl (C=O) groups is 1. The number of nitrogens with zero attached hydrogens (tertiary/aromatic N) is 1. The maximum Gasteiger partial charge on any atom is 0.416 e. The lowest BCUT2D eigenvalue weighted by Gasteiger charge is -2.26. The van der Waals surface area contributed by atoms with Crippen molar-refractivity contribution in [3.63, 3.8) is 0 Å². The van der Waals surface area contributed by atoms with Crippen LogP contribution in [0.2, 0.25) is 0 Å². The van der Waals surface area contributed by atoms with Crippen molar-refractivity contribution in [3.05, 3.63) is 95.3 Å². The van der Waals surface area contributed by atoms with Crippen molar-refractivity contribution in [3.8, 4) is 5.75 Å². The third-order valence-electron chi connectivity index (χ3n) is 4.93. The Morgan fingerprint density at radius 2 is 1.66 bits per heavy atom. The summed E-state index contributed by atoms with van der Waals surface area (Å²) in [7, 11) is -4.61. The molecule has 0 unspecified atom stereocenters. The Balaban J connectivity index is 1.92. The minimum atomic E-state index is -4.72. The van der Waals surface area contributed by atoms with Gasteiger partial charge in [-0.1, -0.05) is 44.2 Å². The van der Waals surface area contributed by atoms with Crippen molar-refractivity contribution in [2.45, 2.75) is 31.5 Å². The summed E-state index contributed by atoms with van der Waals surface area (Å²) in [6, 6.07) is 14.4. The number of alkyl halides is 3. The fourth-order valence-corrected chi connectivity index (χ4v) is 4.39. The van der Waals surface area contributed by atoms with Crippen LogP contribution in [0.4, 0.5) is 17.6 Å². The van der Waals surface area contributed by atoms with Gasteiger partial charge in [0.05, 0.1) is 5.56 Å². The third kappa shape index (κ3) is 6.82. The molecule has 3 aromatic carbocycles. The van der Waals surface area contributed by atoms with Gasteiger partial charge in [0.1, 0.15) is 16.5 Å². The predicted octanol–water partition coefficient (Wildman–Crippen LogP) is 5.91. The van der Waals surface area contributed by atoms with Crippen LogP contribution < -0.4 is 4.18 Å². The molecule has 0 aliphatic carbocycles. The molecule has 35 heavy (non-hydrogen) atoms. The van der Waals surface area contributed by atoms with E-state index in [0.717, 1.165) is 24.3 Å². The molecule has 0 saturated heterocycles. The second-order valence-corrected chi connectivity index (χ2v) is 9.81. The lowest BCUT2D eigenvalue weighted by molar-refractivity contribution is -0.137. The molecular formula is C25H23F4NO4S. The quantitative estimate of drug-likeness (QED) is 0.280. The normalized spacial score (nSPS) is 12.0. The van der Waals surface area contributed by atoms with Gasteiger partial charge in [0, 0.05) is 24.2 Å². The molecular weight excluding hydrogens is 486 g/mol. The molecule has 0 aliphatic rings. The number of carbonyl (C=O) groups excluding carboxylic acids is 1. The molecule has 186 valence electrons. The summed E-state index contributed by atoms with van der Waals surface area (Å²) in [5, 5.41) is 0. The zero-order valence-electron chi connectivity index (χ0n) is 18.9. The molecule has 0 aliphatic heterocycles. The maximum absolute atomic E-state index is 13.7. The first-order valence-electron chi connectivity index (χ1n) is 10.6. The number of benzene rings is 3. The number of halogens is 4. The van der Waals surface area contributed by atoms with E-state index in [9.17, 15) is 30.8 Å². The molecule has 0 bridgehead atoms. The van der Waals surface area contributed by atoms with E-state index in [0.29, 0.717) is 11.6 Å². The lowest BCUT2D eigenvalue weighted by atomic mass is 10.1. The average Bonchev–Trinajstić information content (AvgIpc) is 2.78. The van der Waals surface area contributed by atoms with Gasteiger partial charge in [-0.25, -0.2) is 4.39 Å². The van der Waals surface area contributed by atoms with Crippen LogP contribution in [0.3, 0.4) is 0 Å². The number of amides is 1. The van der Waals surface area contributed by atoms with Crippen LogP contribution in [-0.4, -0.2) is 25.8 Å². The summed E-state index contributed by atoms with van der Waals surface area (Å²) in [5.41, 5.74) is -0.687. The Labute approximate surface area is 201 Å². The van der Waals surface area contributed by atoms with Gasteiger partial charge in [-0.05, 0) is 48.4 Å². The fraction of sp³-hybridized carbons (Fsp3) is 0.240. The summed E-state index contributed by atoms with van der Waals surface area (Å²) in [5.74, 6) is -1.13. The van der Waals surface area contributed by atoms with Crippen LogP contribution in [0.1, 0.15) is 35.3 Å². The molecule has 1 amide bonds. The fourth-order valence-electron chi connectivity index (χ4n) is 3.38. The van der Waals surface area contributed by atoms with E-state index < -0.39 is 38.5 Å². The van der Waals surface area contributed by atoms with Crippen LogP contribution in [0.15, 0.2) is 77.7 Å². The summed E-state index contributed by atoms with van der Waals surface area (Å²) < 4.78 is 83.5. The van der Waals surface area contributed by atoms with Gasteiger partial charge in [0.15, 0.2) is 0 Å². The Bertz CT molecular complexity index is 1310. The van der Waals surface area contributed by atoms with Crippen LogP contribution in [0, 0.1) is 11.7 Å². The molecule has 0 N–H and O–H groups in total. The zero-order chi connectivity index (χ0) is 25.8. The highest BCUT2D eigenvalue weighted by molar-refractivity contribution is 7.87. The summed E-state index contributed by atoms with van der Waals surface area (Å²) in [6.45, 7) is 3.98. The van der Waals surface area contributed by atoms with E-state index in [4.69, 9.17) is 4.18 Å². The Morgan fingerprint density at radius 1 is 0.971 bits per heavy atom. The van der Waals surface area contributed by atoms with Crippen LogP contribution in [0.25, 0.3) is 0 Å². The second-order valence-electron chi connectivity index (χ2n) is 8.26. The number of rotatable bonds is 8. The molecule has 0 spiro atoms. The van der Waals surface area contributed by atoms with Gasteiger partial charge >= 0.3 is 16.3 Å². The maximum atomic E-state index is 13.7. The molecule has 10 heteroatoms. The van der Waals surface area contributed by atoms with Gasteiger partial charge < -0.3 is 9.08 Å². The lowest BCUT2D eigenvalue weighted by Crippen LogP contribution is -2.34. The molecule has 0 atom stereocenters. The van der Waals surface area contributed by atoms with E-state index in [-0.39, 0.29) is 30.3 Å². The van der Waals surface area contributed by atoms with Crippen LogP contribution in [-0.2, 0) is 22.8 Å². The number of para-hydroxylation sites is 1. The van der Waals surface area contributed by atoms with Gasteiger partial charge in [0.2, 0.25) is 0 Å². The van der Waals surface area contributed by atoms with E-state index >= 15 is 0 Å². The van der Waals surface area contributed by atoms with Crippen molar-refractivity contribution in [2.75, 3.05) is 6.54 Å². The van der Waals surface area contributed by atoms with Crippen molar-refractivity contribution >= 4 is 16.0 Å². The van der Waals surface area contributed by atoms with Crippen LogP contribution >= 0.6 is 0 Å². The highest BCUT2D eigenvalue weighted by Gasteiger charge is 2.32. The van der Waals surface area contributed by atoms with E-state index in [1.807, 2.05) is 13.8 Å². The van der Waals surface area contributed by atoms with Crippen molar-refractivity contribution in [2.24, 2.45) is 5.92 Å². The topological polar surface area (TPSA) is 63.7 Å². The molecule has 3 rings (SSSR count). The zero-order valence-corrected chi connectivity index (χ0v) is 19.7. The van der Waals surface area contributed by atoms with E-state index in [2.05, 4.69) is 0 Å². The van der Waals surface area contributed by atoms with Gasteiger partial charge in [-0.15, -0.1) is 0 Å². The highest BCUT2D eigenvalue weighted by atomic mass is 32.2. The summed E-state index contributed by atoms with van der Waals surface area (Å²) >= 11 is 0. The Hall–Kier alpha value is -3.40. The molecule has 0 fully saturated rings. The van der Waals surface area contributed by atoms with Gasteiger partial charge in [-0.2, -0.15) is 21.6 Å². The Morgan fingerprint density at radius 3 is 2.31 bits per heavy atom. The molecule has 0 heterocycles. The summed E-state index contributed by atoms with van der Waals surface area (Å²) in [4.78, 5) is 13.9. The smallest absolute Gasteiger partial charge is 0.379 e. The monoisotopic (exact) mass is 509 g/mol. The SMILES string of the molecule is CC(C)CN(Cc1ccccc1OS(=O)(=O)c1cccc(C(F)(F)F)c1)C(=O)c1cccc(F)c1. The first kappa shape index (κ1) is 26.2. The third-order valence-corrected chi connectivity index (χ3v) is 6.16. The molecule has 5 nitrogen and oxygen atoms in total. The molecule has 0 saturated carbocycles. The minimum absolute atomic E-state index is 0.0365. The number of hydrogen-bond donors (Lipinski definition) is 0. The van der Waals surface area contributed by atoms with Crippen molar-refractivity contribution < 1.29 is 35.0 Å². The van der Waals surface area contributed by atoms with Crippen LogP contribution in [0.5, 0.6) is 5.75 Å². The first-order chi connectivity index (χ1) is 16.4. The predicted molar refractivity (Wildman–Crippen MR) is 122 cm³/mol. The average molecular weight is 510 g/mol. The highest BCUT2D eigenvalue weighted by Crippen LogP contribution is 2.32.